The summed E-state index contributed by atoms with van der Waals surface area (Å²) in [6.45, 7) is 8.85. The molecule has 0 aliphatic rings. The predicted octanol–water partition coefficient (Wildman–Crippen LogP) is 10.5. The maximum atomic E-state index is 6.29. The van der Waals surface area contributed by atoms with Crippen molar-refractivity contribution in [1.82, 2.24) is 0 Å². The first kappa shape index (κ1) is 33.3. The van der Waals surface area contributed by atoms with Crippen molar-refractivity contribution in [3.63, 3.8) is 0 Å². The van der Waals surface area contributed by atoms with E-state index in [9.17, 15) is 0 Å². The van der Waals surface area contributed by atoms with Crippen LogP contribution in [0.4, 0.5) is 0 Å². The molecule has 0 heterocycles. The van der Waals surface area contributed by atoms with Gasteiger partial charge in [0.25, 0.3) is 0 Å². The van der Waals surface area contributed by atoms with Crippen molar-refractivity contribution >= 4 is 0 Å². The molecular weight excluding hydrogens is 460 g/mol. The Morgan fingerprint density at radius 2 is 1.05 bits per heavy atom. The second-order valence-electron chi connectivity index (χ2n) is 10.2. The summed E-state index contributed by atoms with van der Waals surface area (Å²) in [7, 11) is 0. The molecule has 0 N–H and O–H groups in total. The largest absolute Gasteiger partial charge is 0.491 e. The van der Waals surface area contributed by atoms with Gasteiger partial charge in [0.15, 0.2) is 12.6 Å². The lowest BCUT2D eigenvalue weighted by molar-refractivity contribution is -0.0894. The van der Waals surface area contributed by atoms with E-state index in [4.69, 9.17) is 18.9 Å². The van der Waals surface area contributed by atoms with Crippen LogP contribution in [0.5, 0.6) is 0 Å². The second-order valence-corrected chi connectivity index (χ2v) is 10.2. The standard InChI is InChI=1S/C33H58O4/c1-4-7-10-12-14-16-22-27-35-32(26-19-9-6-3)33(36-28-23-17-15-13-11-8-5-2)37-30-34-29-31-24-20-18-21-25-31/h18,20-21,24-25H,4-17,19,22-23,26-30H2,1-3H3. The summed E-state index contributed by atoms with van der Waals surface area (Å²) in [5, 5.41) is 0. The van der Waals surface area contributed by atoms with E-state index in [0.29, 0.717) is 19.2 Å². The van der Waals surface area contributed by atoms with E-state index in [-0.39, 0.29) is 6.79 Å². The molecule has 1 aromatic rings. The number of ether oxygens (including phenoxy) is 4. The minimum atomic E-state index is 0.166. The number of rotatable bonds is 27. The summed E-state index contributed by atoms with van der Waals surface area (Å²) < 4.78 is 24.3. The van der Waals surface area contributed by atoms with Crippen LogP contribution in [0.15, 0.2) is 42.0 Å². The molecule has 1 aromatic carbocycles. The lowest BCUT2D eigenvalue weighted by atomic mass is 10.1. The number of hydrogen-bond donors (Lipinski definition) is 0. The quantitative estimate of drug-likeness (QED) is 0.0659. The molecule has 0 radical (unpaired) electrons. The molecule has 0 aliphatic heterocycles. The minimum Gasteiger partial charge on any atom is -0.491 e. The van der Waals surface area contributed by atoms with Crippen LogP contribution >= 0.6 is 0 Å². The Kier molecular flexibility index (Phi) is 23.4. The molecule has 214 valence electrons. The van der Waals surface area contributed by atoms with E-state index >= 15 is 0 Å². The fourth-order valence-corrected chi connectivity index (χ4v) is 4.28. The van der Waals surface area contributed by atoms with Gasteiger partial charge in [0, 0.05) is 6.42 Å². The van der Waals surface area contributed by atoms with Gasteiger partial charge in [0.2, 0.25) is 0 Å². The third-order valence-electron chi connectivity index (χ3n) is 6.63. The molecule has 1 rings (SSSR count). The third-order valence-corrected chi connectivity index (χ3v) is 6.63. The van der Waals surface area contributed by atoms with Crippen molar-refractivity contribution in [2.75, 3.05) is 20.0 Å². The third kappa shape index (κ3) is 20.0. The molecular formula is C33H58O4. The van der Waals surface area contributed by atoms with Crippen molar-refractivity contribution in [2.45, 2.75) is 143 Å². The van der Waals surface area contributed by atoms with Gasteiger partial charge in [-0.3, -0.25) is 0 Å². The monoisotopic (exact) mass is 518 g/mol. The zero-order valence-corrected chi connectivity index (χ0v) is 24.6. The zero-order chi connectivity index (χ0) is 26.7. The highest BCUT2D eigenvalue weighted by molar-refractivity contribution is 5.13. The van der Waals surface area contributed by atoms with E-state index in [2.05, 4.69) is 32.9 Å². The minimum absolute atomic E-state index is 0.166. The summed E-state index contributed by atoms with van der Waals surface area (Å²) >= 11 is 0. The van der Waals surface area contributed by atoms with Crippen LogP contribution in [0.3, 0.4) is 0 Å². The fraction of sp³-hybridized carbons (Fsp3) is 0.758. The lowest BCUT2D eigenvalue weighted by Gasteiger charge is -2.18. The van der Waals surface area contributed by atoms with Gasteiger partial charge < -0.3 is 18.9 Å². The van der Waals surface area contributed by atoms with Crippen LogP contribution < -0.4 is 0 Å². The van der Waals surface area contributed by atoms with Gasteiger partial charge in [-0.25, -0.2) is 0 Å². The average molecular weight is 519 g/mol. The smallest absolute Gasteiger partial charge is 0.321 e. The summed E-state index contributed by atoms with van der Waals surface area (Å²) in [6.07, 6.45) is 22.1. The van der Waals surface area contributed by atoms with E-state index in [1.807, 2.05) is 18.2 Å². The van der Waals surface area contributed by atoms with Gasteiger partial charge in [-0.15, -0.1) is 0 Å². The molecule has 0 atom stereocenters. The summed E-state index contributed by atoms with van der Waals surface area (Å²) in [5.74, 6) is 1.41. The molecule has 0 amide bonds. The molecule has 0 spiro atoms. The Hall–Kier alpha value is -1.68. The van der Waals surface area contributed by atoms with E-state index in [1.165, 1.54) is 89.9 Å². The van der Waals surface area contributed by atoms with Crippen LogP contribution in [0.25, 0.3) is 0 Å². The predicted molar refractivity (Wildman–Crippen MR) is 156 cm³/mol. The second kappa shape index (κ2) is 25.9. The molecule has 0 aliphatic carbocycles. The van der Waals surface area contributed by atoms with Gasteiger partial charge in [-0.05, 0) is 24.8 Å². The topological polar surface area (TPSA) is 36.9 Å². The van der Waals surface area contributed by atoms with Crippen LogP contribution in [0.2, 0.25) is 0 Å². The SMILES string of the molecule is CCCCCCCCCOC(CCCCC)=C(OCCCCCCCCC)OCOCc1ccccc1. The highest BCUT2D eigenvalue weighted by Crippen LogP contribution is 2.20. The first-order valence-corrected chi connectivity index (χ1v) is 15.5. The Morgan fingerprint density at radius 1 is 0.541 bits per heavy atom. The van der Waals surface area contributed by atoms with Crippen LogP contribution in [-0.4, -0.2) is 20.0 Å². The van der Waals surface area contributed by atoms with E-state index < -0.39 is 0 Å². The van der Waals surface area contributed by atoms with Gasteiger partial charge in [0.1, 0.15) is 0 Å². The maximum Gasteiger partial charge on any atom is 0.321 e. The molecule has 37 heavy (non-hydrogen) atoms. The zero-order valence-electron chi connectivity index (χ0n) is 24.6. The van der Waals surface area contributed by atoms with Gasteiger partial charge >= 0.3 is 5.95 Å². The van der Waals surface area contributed by atoms with Gasteiger partial charge in [-0.2, -0.15) is 0 Å². The number of hydrogen-bond acceptors (Lipinski definition) is 4. The Balaban J connectivity index is 2.59. The first-order chi connectivity index (χ1) is 18.3. The lowest BCUT2D eigenvalue weighted by Crippen LogP contribution is -2.10. The van der Waals surface area contributed by atoms with Crippen LogP contribution in [0, 0.1) is 0 Å². The molecule has 4 heteroatoms. The number of unbranched alkanes of at least 4 members (excludes halogenated alkanes) is 14. The fourth-order valence-electron chi connectivity index (χ4n) is 4.28. The number of benzene rings is 1. The van der Waals surface area contributed by atoms with Crippen molar-refractivity contribution in [2.24, 2.45) is 0 Å². The van der Waals surface area contributed by atoms with E-state index in [1.54, 1.807) is 0 Å². The molecule has 0 saturated carbocycles. The number of allylic oxidation sites excluding steroid dienone is 1. The van der Waals surface area contributed by atoms with Gasteiger partial charge in [-0.1, -0.05) is 141 Å². The van der Waals surface area contributed by atoms with Crippen LogP contribution in [0.1, 0.15) is 142 Å². The Bertz CT molecular complexity index is 628. The Morgan fingerprint density at radius 3 is 1.65 bits per heavy atom. The van der Waals surface area contributed by atoms with Crippen molar-refractivity contribution in [3.8, 4) is 0 Å². The first-order valence-electron chi connectivity index (χ1n) is 15.5. The van der Waals surface area contributed by atoms with Gasteiger partial charge in [0.05, 0.1) is 19.8 Å². The molecule has 0 fully saturated rings. The molecule has 4 nitrogen and oxygen atoms in total. The highest BCUT2D eigenvalue weighted by Gasteiger charge is 2.13. The summed E-state index contributed by atoms with van der Waals surface area (Å²) in [4.78, 5) is 0. The molecule has 0 aromatic heterocycles. The molecule has 0 bridgehead atoms. The molecule has 0 saturated heterocycles. The highest BCUT2D eigenvalue weighted by atomic mass is 16.7. The van der Waals surface area contributed by atoms with Crippen molar-refractivity contribution < 1.29 is 18.9 Å². The molecule has 0 unspecified atom stereocenters. The van der Waals surface area contributed by atoms with Crippen molar-refractivity contribution in [3.05, 3.63) is 47.6 Å². The maximum absolute atomic E-state index is 6.29. The summed E-state index contributed by atoms with van der Waals surface area (Å²) in [6, 6.07) is 10.2. The van der Waals surface area contributed by atoms with Crippen molar-refractivity contribution in [1.29, 1.82) is 0 Å². The Labute approximate surface area is 229 Å². The van der Waals surface area contributed by atoms with Crippen LogP contribution in [-0.2, 0) is 25.6 Å². The summed E-state index contributed by atoms with van der Waals surface area (Å²) in [5.41, 5.74) is 1.14. The van der Waals surface area contributed by atoms with E-state index in [0.717, 1.165) is 43.6 Å². The normalized spacial score (nSPS) is 11.9. The average Bonchev–Trinajstić information content (AvgIpc) is 2.92.